The fourth-order valence-electron chi connectivity index (χ4n) is 5.87. The van der Waals surface area contributed by atoms with Gasteiger partial charge in [0.05, 0.1) is 38.2 Å². The predicted octanol–water partition coefficient (Wildman–Crippen LogP) is 6.97. The van der Waals surface area contributed by atoms with Crippen LogP contribution >= 0.6 is 11.3 Å². The number of hydrogen-bond donors (Lipinski definition) is 3. The van der Waals surface area contributed by atoms with Gasteiger partial charge in [-0.15, -0.1) is 11.3 Å². The van der Waals surface area contributed by atoms with Gasteiger partial charge in [0.15, 0.2) is 10.9 Å². The second-order valence-electron chi connectivity index (χ2n) is 10.6. The molecule has 222 valence electrons. The molecule has 1 aliphatic carbocycles. The van der Waals surface area contributed by atoms with Gasteiger partial charge < -0.3 is 25.1 Å². The van der Waals surface area contributed by atoms with Crippen LogP contribution in [0.2, 0.25) is 0 Å². The first kappa shape index (κ1) is 29.2. The van der Waals surface area contributed by atoms with Crippen LogP contribution in [0.15, 0.2) is 30.3 Å². The van der Waals surface area contributed by atoms with Crippen molar-refractivity contribution in [3.05, 3.63) is 46.5 Å². The SMILES string of the molecule is COc1cc(-c2nc(NC(=O)c3cc4c(OC)c(N)ccc4n3C(=O)O)sc2CCC2CCCCC2)c(OC)cc1C. The number of amides is 1. The van der Waals surface area contributed by atoms with Gasteiger partial charge in [0, 0.05) is 15.8 Å². The molecular weight excluding hydrogens is 556 g/mol. The van der Waals surface area contributed by atoms with Gasteiger partial charge >= 0.3 is 6.09 Å². The number of ether oxygens (including phenoxy) is 3. The van der Waals surface area contributed by atoms with Gasteiger partial charge in [0.25, 0.3) is 5.91 Å². The first-order valence-corrected chi connectivity index (χ1v) is 14.8. The van der Waals surface area contributed by atoms with E-state index in [-0.39, 0.29) is 5.69 Å². The van der Waals surface area contributed by atoms with Crippen LogP contribution < -0.4 is 25.3 Å². The van der Waals surface area contributed by atoms with Crippen molar-refractivity contribution in [1.82, 2.24) is 9.55 Å². The van der Waals surface area contributed by atoms with Gasteiger partial charge in [-0.25, -0.2) is 14.3 Å². The molecular formula is C31H36N4O6S. The summed E-state index contributed by atoms with van der Waals surface area (Å²) in [6.45, 7) is 1.95. The Labute approximate surface area is 248 Å². The molecule has 1 amide bonds. The fraction of sp³-hybridized carbons (Fsp3) is 0.387. The molecule has 4 aromatic rings. The zero-order valence-electron chi connectivity index (χ0n) is 24.3. The van der Waals surface area contributed by atoms with E-state index in [9.17, 15) is 14.7 Å². The minimum atomic E-state index is -1.30. The van der Waals surface area contributed by atoms with Crippen molar-refractivity contribution < 1.29 is 28.9 Å². The maximum Gasteiger partial charge on any atom is 0.416 e. The van der Waals surface area contributed by atoms with Crippen LogP contribution in [0.1, 0.15) is 59.5 Å². The zero-order chi connectivity index (χ0) is 30.0. The topological polar surface area (TPSA) is 138 Å². The number of nitrogen functional groups attached to an aromatic ring is 1. The van der Waals surface area contributed by atoms with Gasteiger partial charge in [-0.1, -0.05) is 32.1 Å². The Hall–Kier alpha value is -4.25. The number of fused-ring (bicyclic) bond motifs is 1. The second kappa shape index (κ2) is 12.3. The minimum Gasteiger partial charge on any atom is -0.496 e. The molecule has 1 saturated carbocycles. The molecule has 2 heterocycles. The summed E-state index contributed by atoms with van der Waals surface area (Å²) in [6.07, 6.45) is 6.81. The Morgan fingerprint density at radius 2 is 1.81 bits per heavy atom. The molecule has 0 spiro atoms. The number of carbonyl (C=O) groups is 2. The molecule has 42 heavy (non-hydrogen) atoms. The monoisotopic (exact) mass is 592 g/mol. The molecule has 0 atom stereocenters. The third-order valence-corrected chi connectivity index (χ3v) is 9.02. The highest BCUT2D eigenvalue weighted by atomic mass is 32.1. The summed E-state index contributed by atoms with van der Waals surface area (Å²) in [6, 6.07) is 8.41. The highest BCUT2D eigenvalue weighted by Crippen LogP contribution is 2.42. The molecule has 0 unspecified atom stereocenters. The van der Waals surface area contributed by atoms with Gasteiger partial charge in [-0.05, 0) is 61.6 Å². The first-order chi connectivity index (χ1) is 20.2. The Morgan fingerprint density at radius 1 is 1.07 bits per heavy atom. The molecule has 1 fully saturated rings. The lowest BCUT2D eigenvalue weighted by Crippen LogP contribution is -2.20. The van der Waals surface area contributed by atoms with E-state index in [1.54, 1.807) is 26.4 Å². The summed E-state index contributed by atoms with van der Waals surface area (Å²) in [5.41, 5.74) is 9.02. The van der Waals surface area contributed by atoms with Crippen LogP contribution in [0.25, 0.3) is 22.2 Å². The number of carboxylic acid groups (broad SMARTS) is 1. The molecule has 0 aliphatic heterocycles. The van der Waals surface area contributed by atoms with Crippen molar-refractivity contribution in [3.63, 3.8) is 0 Å². The summed E-state index contributed by atoms with van der Waals surface area (Å²) < 4.78 is 17.7. The second-order valence-corrected chi connectivity index (χ2v) is 11.7. The minimum absolute atomic E-state index is 0.0727. The number of rotatable bonds is 9. The first-order valence-electron chi connectivity index (χ1n) is 14.0. The number of hydrogen-bond acceptors (Lipinski definition) is 8. The lowest BCUT2D eigenvalue weighted by Gasteiger charge is -2.21. The van der Waals surface area contributed by atoms with E-state index in [2.05, 4.69) is 5.32 Å². The fourth-order valence-corrected chi connectivity index (χ4v) is 6.85. The van der Waals surface area contributed by atoms with Gasteiger partial charge in [0.1, 0.15) is 17.2 Å². The Kier molecular flexibility index (Phi) is 8.58. The van der Waals surface area contributed by atoms with E-state index in [0.29, 0.717) is 44.9 Å². The smallest absolute Gasteiger partial charge is 0.416 e. The molecule has 10 nitrogen and oxygen atoms in total. The lowest BCUT2D eigenvalue weighted by molar-refractivity contribution is 0.101. The number of nitrogens with zero attached hydrogens (tertiary/aromatic N) is 2. The molecule has 0 radical (unpaired) electrons. The summed E-state index contributed by atoms with van der Waals surface area (Å²) in [7, 11) is 4.69. The van der Waals surface area contributed by atoms with E-state index in [1.165, 1.54) is 56.6 Å². The molecule has 4 N–H and O–H groups in total. The van der Waals surface area contributed by atoms with Crippen molar-refractivity contribution in [2.75, 3.05) is 32.4 Å². The van der Waals surface area contributed by atoms with Crippen LogP contribution in [0.4, 0.5) is 15.6 Å². The van der Waals surface area contributed by atoms with E-state index in [0.717, 1.165) is 39.1 Å². The summed E-state index contributed by atoms with van der Waals surface area (Å²) in [5.74, 6) is 1.73. The number of thiazole rings is 1. The summed E-state index contributed by atoms with van der Waals surface area (Å²) in [4.78, 5) is 31.7. The number of nitrogens with two attached hydrogens (primary N) is 1. The third-order valence-electron chi connectivity index (χ3n) is 7.99. The molecule has 2 aromatic carbocycles. The molecule has 2 aromatic heterocycles. The van der Waals surface area contributed by atoms with Crippen LogP contribution in [0.5, 0.6) is 17.2 Å². The zero-order valence-corrected chi connectivity index (χ0v) is 25.1. The lowest BCUT2D eigenvalue weighted by atomic mass is 9.86. The van der Waals surface area contributed by atoms with E-state index in [1.807, 2.05) is 19.1 Å². The highest BCUT2D eigenvalue weighted by Gasteiger charge is 2.26. The highest BCUT2D eigenvalue weighted by molar-refractivity contribution is 7.16. The Balaban J connectivity index is 1.54. The number of carbonyl (C=O) groups excluding carboxylic acids is 1. The third kappa shape index (κ3) is 5.61. The van der Waals surface area contributed by atoms with Crippen LogP contribution in [-0.4, -0.2) is 48.0 Å². The average molecular weight is 593 g/mol. The normalized spacial score (nSPS) is 13.7. The van der Waals surface area contributed by atoms with Crippen LogP contribution in [0, 0.1) is 12.8 Å². The quantitative estimate of drug-likeness (QED) is 0.177. The molecule has 0 saturated heterocycles. The predicted molar refractivity (Wildman–Crippen MR) is 165 cm³/mol. The van der Waals surface area contributed by atoms with Crippen molar-refractivity contribution in [2.24, 2.45) is 5.92 Å². The Bertz CT molecular complexity index is 1640. The Morgan fingerprint density at radius 3 is 2.48 bits per heavy atom. The number of nitrogens with one attached hydrogen (secondary N) is 1. The molecule has 11 heteroatoms. The van der Waals surface area contributed by atoms with E-state index in [4.69, 9.17) is 24.9 Å². The molecule has 5 rings (SSSR count). The van der Waals surface area contributed by atoms with Crippen molar-refractivity contribution in [3.8, 4) is 28.5 Å². The number of aryl methyl sites for hydroxylation is 2. The largest absolute Gasteiger partial charge is 0.496 e. The molecule has 0 bridgehead atoms. The number of anilines is 2. The summed E-state index contributed by atoms with van der Waals surface area (Å²) >= 11 is 1.39. The van der Waals surface area contributed by atoms with Crippen molar-refractivity contribution in [2.45, 2.75) is 51.9 Å². The van der Waals surface area contributed by atoms with Gasteiger partial charge in [-0.2, -0.15) is 0 Å². The van der Waals surface area contributed by atoms with Crippen molar-refractivity contribution in [1.29, 1.82) is 0 Å². The van der Waals surface area contributed by atoms with Gasteiger partial charge in [0.2, 0.25) is 0 Å². The van der Waals surface area contributed by atoms with E-state index >= 15 is 0 Å². The van der Waals surface area contributed by atoms with Crippen LogP contribution in [-0.2, 0) is 6.42 Å². The number of aromatic nitrogens is 2. The summed E-state index contributed by atoms with van der Waals surface area (Å²) in [5, 5.41) is 13.6. The maximum absolute atomic E-state index is 13.6. The van der Waals surface area contributed by atoms with Crippen molar-refractivity contribution >= 4 is 45.1 Å². The van der Waals surface area contributed by atoms with Gasteiger partial charge in [-0.3, -0.25) is 10.1 Å². The van der Waals surface area contributed by atoms with E-state index < -0.39 is 12.0 Å². The number of benzene rings is 2. The number of methoxy groups -OCH3 is 3. The molecule has 1 aliphatic rings. The standard InChI is InChI=1S/C31H36N4O6S/c1-17-14-25(40-3)20(16-24(17)39-2)27-26(13-10-18-8-6-5-7-9-18)42-30(33-27)34-29(36)23-15-19-22(35(23)31(37)38)12-11-21(32)28(19)41-4/h11-12,14-16,18H,5-10,13,32H2,1-4H3,(H,37,38)(H,33,34,36). The average Bonchev–Trinajstić information content (AvgIpc) is 3.58. The maximum atomic E-state index is 13.6. The van der Waals surface area contributed by atoms with Crippen LogP contribution in [0.3, 0.4) is 0 Å².